The van der Waals surface area contributed by atoms with E-state index in [9.17, 15) is 0 Å². The zero-order valence-electron chi connectivity index (χ0n) is 6.86. The monoisotopic (exact) mass is 188 g/mol. The van der Waals surface area contributed by atoms with E-state index >= 15 is 0 Å². The molecule has 1 aromatic rings. The molecule has 1 nitrogen and oxygen atoms in total. The van der Waals surface area contributed by atoms with E-state index in [1.165, 1.54) is 0 Å². The van der Waals surface area contributed by atoms with Gasteiger partial charge in [0.05, 0.1) is 0 Å². The molecule has 0 saturated heterocycles. The molecule has 12 heavy (non-hydrogen) atoms. The maximum Gasteiger partial charge on any atom is 0.0398 e. The van der Waals surface area contributed by atoms with E-state index in [-0.39, 0.29) is 18.9 Å². The minimum absolute atomic E-state index is 0. The topological polar surface area (TPSA) is 3.24 Å². The van der Waals surface area contributed by atoms with Crippen LogP contribution in [0.25, 0.3) is 0 Å². The number of para-hydroxylation sites is 1. The maximum absolute atomic E-state index is 4.78. The van der Waals surface area contributed by atoms with Crippen molar-refractivity contribution in [3.63, 3.8) is 0 Å². The summed E-state index contributed by atoms with van der Waals surface area (Å²) in [4.78, 5) is 1.55. The van der Waals surface area contributed by atoms with Crippen molar-refractivity contribution in [1.82, 2.24) is 0 Å². The van der Waals surface area contributed by atoms with Gasteiger partial charge in [0.25, 0.3) is 0 Å². The third-order valence-electron chi connectivity index (χ3n) is 1.29. The minimum atomic E-state index is 0. The van der Waals surface area contributed by atoms with Crippen molar-refractivity contribution in [3.05, 3.63) is 37.4 Å². The molecule has 0 saturated carbocycles. The van der Waals surface area contributed by atoms with E-state index in [1.54, 1.807) is 4.90 Å². The molecule has 0 aliphatic rings. The summed E-state index contributed by atoms with van der Waals surface area (Å²) in [6.07, 6.45) is 0. The van der Waals surface area contributed by atoms with Gasteiger partial charge in [-0.1, -0.05) is 22.5 Å². The molecule has 0 aliphatic heterocycles. The molecule has 0 amide bonds. The molecule has 0 aliphatic carbocycles. The normalized spacial score (nSPS) is 8.42. The molecular formula is C8H7LiNS2-. The van der Waals surface area contributed by atoms with Crippen molar-refractivity contribution < 1.29 is 0 Å². The third-order valence-corrected chi connectivity index (χ3v) is 1.73. The van der Waals surface area contributed by atoms with Gasteiger partial charge in [-0.3, -0.25) is 0 Å². The molecule has 0 bridgehead atoms. The minimum Gasteiger partial charge on any atom is -0.411 e. The third kappa shape index (κ3) is 3.12. The first-order valence-electron chi connectivity index (χ1n) is 3.08. The van der Waals surface area contributed by atoms with Crippen LogP contribution < -0.4 is 4.90 Å². The average Bonchev–Trinajstić information content (AvgIpc) is 2.05. The van der Waals surface area contributed by atoms with Crippen molar-refractivity contribution in [2.24, 2.45) is 0 Å². The van der Waals surface area contributed by atoms with Gasteiger partial charge in [-0.2, -0.15) is 0 Å². The molecule has 1 aromatic carbocycles. The molecule has 0 atom stereocenters. The molecule has 0 N–H and O–H groups in total. The number of hydrogen-bond acceptors (Lipinski definition) is 2. The van der Waals surface area contributed by atoms with Crippen LogP contribution in [0.4, 0.5) is 5.69 Å². The van der Waals surface area contributed by atoms with Gasteiger partial charge in [-0.15, -0.1) is 0 Å². The Hall–Kier alpha value is -0.0726. The fourth-order valence-corrected chi connectivity index (χ4v) is 0.924. The van der Waals surface area contributed by atoms with Crippen LogP contribution in [0.1, 0.15) is 0 Å². The zero-order chi connectivity index (χ0) is 8.27. The van der Waals surface area contributed by atoms with Gasteiger partial charge in [0.1, 0.15) is 0 Å². The van der Waals surface area contributed by atoms with E-state index < -0.39 is 0 Å². The van der Waals surface area contributed by atoms with Crippen molar-refractivity contribution in [3.8, 4) is 0 Å². The summed E-state index contributed by atoms with van der Waals surface area (Å²) in [5.41, 5.74) is 0.924. The molecular weight excluding hydrogens is 181 g/mol. The van der Waals surface area contributed by atoms with Crippen LogP contribution in [0.2, 0.25) is 0 Å². The first-order valence-corrected chi connectivity index (χ1v) is 3.90. The largest absolute Gasteiger partial charge is 0.411 e. The second-order valence-corrected chi connectivity index (χ2v) is 3.06. The number of nitrogens with zero attached hydrogens (tertiary/aromatic N) is 1. The summed E-state index contributed by atoms with van der Waals surface area (Å²) in [7, 11) is 3.70. The summed E-state index contributed by atoms with van der Waals surface area (Å²) >= 11 is 9.56. The van der Waals surface area contributed by atoms with Gasteiger partial charge in [-0.05, 0) is 12.1 Å². The van der Waals surface area contributed by atoms with E-state index in [2.05, 4.69) is 7.05 Å². The Balaban J connectivity index is 0.00000121. The van der Waals surface area contributed by atoms with E-state index in [4.69, 9.17) is 24.8 Å². The summed E-state index contributed by atoms with van der Waals surface area (Å²) in [6.45, 7) is 0. The van der Waals surface area contributed by atoms with Crippen molar-refractivity contribution >= 4 is 53.7 Å². The summed E-state index contributed by atoms with van der Waals surface area (Å²) < 4.78 is 0.358. The Morgan fingerprint density at radius 3 is 2.25 bits per heavy atom. The Kier molecular flexibility index (Phi) is 5.52. The number of hydrogen-bond donors (Lipinski definition) is 0. The first-order chi connectivity index (χ1) is 5.22. The molecule has 0 unspecified atom stereocenters. The summed E-state index contributed by atoms with van der Waals surface area (Å²) in [5.74, 6) is 0. The molecule has 0 heterocycles. The van der Waals surface area contributed by atoms with E-state index in [0.29, 0.717) is 4.32 Å². The molecule has 1 rings (SSSR count). The van der Waals surface area contributed by atoms with Gasteiger partial charge in [0.2, 0.25) is 0 Å². The van der Waals surface area contributed by atoms with Crippen molar-refractivity contribution in [2.75, 3.05) is 4.90 Å². The van der Waals surface area contributed by atoms with Crippen LogP contribution >= 0.6 is 12.2 Å². The fraction of sp³-hybridized carbons (Fsp3) is 0. The Morgan fingerprint density at radius 2 is 1.83 bits per heavy atom. The predicted octanol–water partition coefficient (Wildman–Crippen LogP) is 1.74. The molecule has 58 valence electrons. The Morgan fingerprint density at radius 1 is 1.33 bits per heavy atom. The first kappa shape index (κ1) is 11.9. The van der Waals surface area contributed by atoms with Crippen LogP contribution in [-0.2, 0) is 12.6 Å². The molecule has 2 radical (unpaired) electrons. The second-order valence-electron chi connectivity index (χ2n) is 2.03. The van der Waals surface area contributed by atoms with E-state index in [0.717, 1.165) is 5.69 Å². The summed E-state index contributed by atoms with van der Waals surface area (Å²) in [6, 6.07) is 9.59. The number of thiocarbonyl (C=S) groups is 1. The SMILES string of the molecule is [CH2]N(C(=S)[S-])c1ccccc1.[Li]. The number of benzene rings is 1. The van der Waals surface area contributed by atoms with Gasteiger partial charge in [0.15, 0.2) is 0 Å². The number of anilines is 1. The van der Waals surface area contributed by atoms with Gasteiger partial charge >= 0.3 is 0 Å². The van der Waals surface area contributed by atoms with Crippen LogP contribution in [-0.4, -0.2) is 23.2 Å². The van der Waals surface area contributed by atoms with Gasteiger partial charge in [0, 0.05) is 31.6 Å². The smallest absolute Gasteiger partial charge is 0.0398 e. The van der Waals surface area contributed by atoms with Gasteiger partial charge in [-0.25, -0.2) is 0 Å². The van der Waals surface area contributed by atoms with Crippen LogP contribution in [0.15, 0.2) is 30.3 Å². The van der Waals surface area contributed by atoms with Crippen LogP contribution in [0, 0.1) is 7.05 Å². The maximum atomic E-state index is 4.78. The van der Waals surface area contributed by atoms with Crippen molar-refractivity contribution in [2.45, 2.75) is 0 Å². The second kappa shape index (κ2) is 5.55. The van der Waals surface area contributed by atoms with Gasteiger partial charge < -0.3 is 29.7 Å². The average molecular weight is 188 g/mol. The standard InChI is InChI=1S/C8H8NS2.Li/c1-9(8(10)11)7-5-3-2-4-6-7;/h2-6H,1H2,(H,10,11);/p-1. The van der Waals surface area contributed by atoms with Crippen LogP contribution in [0.5, 0.6) is 0 Å². The fourth-order valence-electron chi connectivity index (χ4n) is 0.713. The van der Waals surface area contributed by atoms with Crippen molar-refractivity contribution in [1.29, 1.82) is 0 Å². The van der Waals surface area contributed by atoms with Crippen LogP contribution in [0.3, 0.4) is 0 Å². The predicted molar refractivity (Wildman–Crippen MR) is 60.0 cm³/mol. The zero-order valence-corrected chi connectivity index (χ0v) is 8.49. The molecule has 4 heteroatoms. The quantitative estimate of drug-likeness (QED) is 0.375. The van der Waals surface area contributed by atoms with E-state index in [1.807, 2.05) is 30.3 Å². The summed E-state index contributed by atoms with van der Waals surface area (Å²) in [5, 5.41) is 0. The Labute approximate surface area is 95.7 Å². The molecule has 0 fully saturated rings. The number of rotatable bonds is 1. The Bertz CT molecular complexity index is 250. The molecule has 0 aromatic heterocycles. The molecule has 0 spiro atoms.